The Morgan fingerprint density at radius 2 is 1.51 bits per heavy atom. The average Bonchev–Trinajstić information content (AvgIpc) is 4.01. The van der Waals surface area contributed by atoms with Gasteiger partial charge in [-0.25, -0.2) is 9.97 Å². The summed E-state index contributed by atoms with van der Waals surface area (Å²) in [6, 6.07) is 18.5. The summed E-state index contributed by atoms with van der Waals surface area (Å²) in [6.07, 6.45) is 14.8. The summed E-state index contributed by atoms with van der Waals surface area (Å²) >= 11 is 0. The first-order valence-electron chi connectivity index (χ1n) is 28.5. The molecule has 9 aliphatic rings. The molecule has 2 aromatic carbocycles. The molecule has 8 fully saturated rings. The molecule has 3 atom stereocenters. The first-order valence-corrected chi connectivity index (χ1v) is 28.5. The Kier molecular flexibility index (Phi) is 12.3. The minimum Gasteiger partial charge on any atom is -0.490 e. The van der Waals surface area contributed by atoms with Gasteiger partial charge in [-0.1, -0.05) is 31.2 Å². The van der Waals surface area contributed by atoms with Gasteiger partial charge in [-0.3, -0.25) is 34.2 Å². The van der Waals surface area contributed by atoms with Crippen LogP contribution in [0, 0.1) is 11.3 Å². The van der Waals surface area contributed by atoms with Gasteiger partial charge in [0, 0.05) is 91.4 Å². The number of fused-ring (bicyclic) bond motifs is 5. The van der Waals surface area contributed by atoms with Crippen LogP contribution in [0.15, 0.2) is 54.9 Å². The Morgan fingerprint density at radius 1 is 0.800 bits per heavy atom. The number of rotatable bonds is 11. The summed E-state index contributed by atoms with van der Waals surface area (Å²) in [4.78, 5) is 87.0. The highest BCUT2D eigenvalue weighted by Crippen LogP contribution is 2.53. The van der Waals surface area contributed by atoms with Crippen LogP contribution in [0.2, 0.25) is 0 Å². The van der Waals surface area contributed by atoms with E-state index in [-0.39, 0.29) is 59.6 Å². The number of anilines is 2. The Bertz CT molecular complexity index is 2890. The van der Waals surface area contributed by atoms with Crippen molar-refractivity contribution in [3.05, 3.63) is 66.0 Å². The number of aromatic nitrogens is 3. The Morgan fingerprint density at radius 3 is 2.19 bits per heavy atom. The number of carbonyl (C=O) groups excluding carboxylic acids is 5. The molecule has 16 heteroatoms. The van der Waals surface area contributed by atoms with Crippen LogP contribution in [0.25, 0.3) is 22.3 Å². The molecule has 8 heterocycles. The van der Waals surface area contributed by atoms with E-state index in [1.165, 1.54) is 12.8 Å². The number of amides is 5. The molecule has 396 valence electrons. The van der Waals surface area contributed by atoms with E-state index in [2.05, 4.69) is 70.0 Å². The van der Waals surface area contributed by atoms with E-state index in [1.54, 1.807) is 0 Å². The van der Waals surface area contributed by atoms with E-state index in [0.717, 1.165) is 115 Å². The first kappa shape index (κ1) is 48.8. The molecule has 2 aromatic heterocycles. The highest BCUT2D eigenvalue weighted by Gasteiger charge is 2.58. The fourth-order valence-corrected chi connectivity index (χ4v) is 14.6. The summed E-state index contributed by atoms with van der Waals surface area (Å²) in [6.45, 7) is 10.2. The van der Waals surface area contributed by atoms with Gasteiger partial charge in [-0.05, 0) is 146 Å². The zero-order chi connectivity index (χ0) is 51.3. The molecular weight excluding hydrogens is 947 g/mol. The second kappa shape index (κ2) is 19.0. The quantitative estimate of drug-likeness (QED) is 0.142. The van der Waals surface area contributed by atoms with Gasteiger partial charge in [0.05, 0.1) is 48.2 Å². The monoisotopic (exact) mass is 1020 g/mol. The second-order valence-corrected chi connectivity index (χ2v) is 24.4. The number of nitrogens with one attached hydrogen (secondary N) is 2. The van der Waals surface area contributed by atoms with Crippen LogP contribution in [-0.4, -0.2) is 134 Å². The smallest absolute Gasteiger partial charge is 0.238 e. The van der Waals surface area contributed by atoms with E-state index >= 15 is 4.79 Å². The van der Waals surface area contributed by atoms with Crippen LogP contribution in [0.5, 0.6) is 5.75 Å². The molecule has 75 heavy (non-hydrogen) atoms. The van der Waals surface area contributed by atoms with Gasteiger partial charge < -0.3 is 34.1 Å². The molecule has 5 saturated heterocycles. The second-order valence-electron chi connectivity index (χ2n) is 24.4. The largest absolute Gasteiger partial charge is 0.490 e. The number of hydrogen-bond acceptors (Lipinski definition) is 11. The molecule has 13 rings (SSSR count). The van der Waals surface area contributed by atoms with Crippen LogP contribution in [0.4, 0.5) is 11.5 Å². The highest BCUT2D eigenvalue weighted by molar-refractivity contribution is 6.09. The number of benzene rings is 2. The van der Waals surface area contributed by atoms with Gasteiger partial charge in [-0.2, -0.15) is 0 Å². The van der Waals surface area contributed by atoms with Crippen LogP contribution < -0.4 is 20.3 Å². The lowest BCUT2D eigenvalue weighted by molar-refractivity contribution is -0.150. The number of imidazole rings is 1. The fraction of sp³-hybridized carbons (Fsp3) is 0.610. The number of imide groups is 1. The molecule has 16 nitrogen and oxygen atoms in total. The number of nitrogens with zero attached hydrogens (tertiary/aromatic N) is 7. The molecule has 3 saturated carbocycles. The number of likely N-dealkylation sites (tertiary alicyclic amines) is 2. The zero-order valence-electron chi connectivity index (χ0n) is 43.9. The summed E-state index contributed by atoms with van der Waals surface area (Å²) < 4.78 is 14.5. The maximum absolute atomic E-state index is 15.4. The molecule has 6 aliphatic heterocycles. The SMILES string of the molecule is CC(C)n1cnc2cc(-c3ccc4c(c3)N(C3CC(N5C6CCC5COC6)C3)C(=O)C43CCN(C(=O)C4(C)CCN(C(=O)C5CCC(Oc6ccc(C7CCC(=O)NC7=O)cc6)CC5)CC4)CC3)nc(NC3CC3)c21. The summed E-state index contributed by atoms with van der Waals surface area (Å²) in [5.41, 5.74) is 5.44. The van der Waals surface area contributed by atoms with Crippen molar-refractivity contribution in [2.24, 2.45) is 11.3 Å². The zero-order valence-corrected chi connectivity index (χ0v) is 43.9. The predicted molar refractivity (Wildman–Crippen MR) is 283 cm³/mol. The van der Waals surface area contributed by atoms with Crippen LogP contribution in [0.1, 0.15) is 147 Å². The van der Waals surface area contributed by atoms with E-state index in [9.17, 15) is 19.2 Å². The van der Waals surface area contributed by atoms with E-state index in [4.69, 9.17) is 19.4 Å². The predicted octanol–water partition coefficient (Wildman–Crippen LogP) is 7.64. The number of carbonyl (C=O) groups is 5. The Hall–Kier alpha value is -5.87. The molecular formula is C59H73N9O7. The fourth-order valence-electron chi connectivity index (χ4n) is 14.6. The average molecular weight is 1020 g/mol. The van der Waals surface area contributed by atoms with Crippen LogP contribution in [0.3, 0.4) is 0 Å². The lowest BCUT2D eigenvalue weighted by Gasteiger charge is -2.50. The number of hydrogen-bond donors (Lipinski definition) is 2. The van der Waals surface area contributed by atoms with Gasteiger partial charge >= 0.3 is 0 Å². The summed E-state index contributed by atoms with van der Waals surface area (Å²) in [7, 11) is 0. The van der Waals surface area contributed by atoms with Gasteiger partial charge in [-0.15, -0.1) is 0 Å². The van der Waals surface area contributed by atoms with Crippen molar-refractivity contribution in [1.29, 1.82) is 0 Å². The van der Waals surface area contributed by atoms with Crippen molar-refractivity contribution in [2.45, 2.75) is 177 Å². The highest BCUT2D eigenvalue weighted by atomic mass is 16.5. The minimum absolute atomic E-state index is 0.0120. The van der Waals surface area contributed by atoms with Crippen LogP contribution in [-0.2, 0) is 34.1 Å². The van der Waals surface area contributed by atoms with E-state index in [1.807, 2.05) is 40.4 Å². The first-order chi connectivity index (χ1) is 36.3. The van der Waals surface area contributed by atoms with Crippen molar-refractivity contribution in [1.82, 2.24) is 34.6 Å². The number of pyridine rings is 1. The maximum atomic E-state index is 15.4. The third kappa shape index (κ3) is 8.69. The molecule has 4 aromatic rings. The van der Waals surface area contributed by atoms with E-state index < -0.39 is 10.8 Å². The standard InChI is InChI=1S/C59H73N9O7/c1-35(2)66-34-60-49-31-48(62-53(52(49)66)61-39-9-10-39)38-8-18-47-50(28-38)68(43-29-42(30-43)67-40-11-12-41(67)33-74-32-40)57(73)59(47)22-26-65(27-23-59)56(72)58(3)20-24-64(25-21-58)55(71)37-6-15-45(16-7-37)75-44-13-4-36(5-14-44)46-17-19-51(69)63-54(46)70/h4-5,8,13-14,18,28,31,34-35,37,39-43,45-46H,6-7,9-12,15-17,19-27,29-30,32-33H2,1-3H3,(H,61,62)(H,63,69,70). The van der Waals surface area contributed by atoms with Gasteiger partial charge in [0.1, 0.15) is 11.3 Å². The molecule has 1 spiro atoms. The third-order valence-electron chi connectivity index (χ3n) is 19.3. The van der Waals surface area contributed by atoms with Crippen LogP contribution >= 0.6 is 0 Å². The molecule has 5 amide bonds. The van der Waals surface area contributed by atoms with Crippen molar-refractivity contribution >= 4 is 52.1 Å². The number of piperidine rings is 3. The van der Waals surface area contributed by atoms with E-state index in [0.29, 0.717) is 88.9 Å². The molecule has 0 radical (unpaired) electrons. The molecule has 2 N–H and O–H groups in total. The molecule has 3 unspecified atom stereocenters. The third-order valence-corrected chi connectivity index (χ3v) is 19.3. The Balaban J connectivity index is 0.663. The molecule has 3 aliphatic carbocycles. The number of morpholine rings is 1. The van der Waals surface area contributed by atoms with Crippen molar-refractivity contribution in [2.75, 3.05) is 49.6 Å². The van der Waals surface area contributed by atoms with Gasteiger partial charge in [0.2, 0.25) is 29.5 Å². The van der Waals surface area contributed by atoms with Gasteiger partial charge in [0.15, 0.2) is 5.82 Å². The summed E-state index contributed by atoms with van der Waals surface area (Å²) in [5.74, 6) is 1.27. The van der Waals surface area contributed by atoms with Crippen molar-refractivity contribution in [3.63, 3.8) is 0 Å². The lowest BCUT2D eigenvalue weighted by atomic mass is 9.72. The Labute approximate surface area is 439 Å². The normalized spacial score (nSPS) is 29.4. The molecule has 2 bridgehead atoms. The number of ether oxygens (including phenoxy) is 2. The summed E-state index contributed by atoms with van der Waals surface area (Å²) in [5, 5.41) is 6.15. The topological polar surface area (TPSA) is 172 Å². The minimum atomic E-state index is -0.705. The van der Waals surface area contributed by atoms with Gasteiger partial charge in [0.25, 0.3) is 0 Å². The van der Waals surface area contributed by atoms with Crippen molar-refractivity contribution < 1.29 is 33.4 Å². The van der Waals surface area contributed by atoms with Crippen molar-refractivity contribution in [3.8, 4) is 17.0 Å². The lowest BCUT2D eigenvalue weighted by Crippen LogP contribution is -2.62. The maximum Gasteiger partial charge on any atom is 0.238 e.